The molecular formula is C26H33NO5Si. The van der Waals surface area contributed by atoms with Gasteiger partial charge >= 0.3 is 5.97 Å². The number of benzene rings is 2. The van der Waals surface area contributed by atoms with Gasteiger partial charge in [-0.05, 0) is 60.8 Å². The Balaban J connectivity index is 1.76. The molecule has 2 aromatic rings. The molecule has 2 N–H and O–H groups in total. The van der Waals surface area contributed by atoms with E-state index in [2.05, 4.69) is 39.3 Å². The van der Waals surface area contributed by atoms with Gasteiger partial charge in [-0.25, -0.2) is 4.84 Å². The third-order valence-corrected chi connectivity index (χ3v) is 11.6. The molecule has 1 saturated carbocycles. The summed E-state index contributed by atoms with van der Waals surface area (Å²) >= 11 is 0. The third-order valence-electron chi connectivity index (χ3n) is 7.25. The number of nitrogens with one attached hydrogen (secondary N) is 1. The van der Waals surface area contributed by atoms with E-state index in [1.807, 2.05) is 54.6 Å². The minimum Gasteiger partial charge on any atom is -0.544 e. The molecule has 6 nitrogen and oxygen atoms in total. The molecule has 1 aliphatic heterocycles. The maximum atomic E-state index is 12.6. The van der Waals surface area contributed by atoms with Crippen LogP contribution in [0.4, 0.5) is 0 Å². The van der Waals surface area contributed by atoms with Crippen molar-refractivity contribution in [2.75, 3.05) is 7.11 Å². The lowest BCUT2D eigenvalue weighted by Crippen LogP contribution is -2.47. The molecule has 0 spiro atoms. The number of esters is 1. The molecule has 0 aromatic heterocycles. The molecule has 0 radical (unpaired) electrons. The molecule has 1 unspecified atom stereocenters. The van der Waals surface area contributed by atoms with Crippen LogP contribution in [0.5, 0.6) is 5.75 Å². The number of hydrogen-bond donors (Lipinski definition) is 2. The number of carbonyl (C=O) groups is 1. The molecule has 1 fully saturated rings. The van der Waals surface area contributed by atoms with Gasteiger partial charge in [0.1, 0.15) is 11.2 Å². The summed E-state index contributed by atoms with van der Waals surface area (Å²) in [5.41, 5.74) is 4.54. The standard InChI is InChI=1S/C26H33NO5Si/c1-24(2,3)33(5,6)31-20-14-12-19(13-15-20)22-21(18-10-8-7-9-11-18)26(29,32-27-22)25(16-17-25)23(28)30-4/h7-15,27,29H,16-17H2,1-6H3. The number of rotatable bonds is 6. The van der Waals surface area contributed by atoms with Crippen molar-refractivity contribution in [3.63, 3.8) is 0 Å². The highest BCUT2D eigenvalue weighted by molar-refractivity contribution is 6.74. The van der Waals surface area contributed by atoms with Crippen LogP contribution in [0.1, 0.15) is 44.7 Å². The van der Waals surface area contributed by atoms with E-state index < -0.39 is 25.5 Å². The quantitative estimate of drug-likeness (QED) is 0.454. The van der Waals surface area contributed by atoms with Crippen molar-refractivity contribution in [3.8, 4) is 5.75 Å². The summed E-state index contributed by atoms with van der Waals surface area (Å²) in [5.74, 6) is -1.50. The minimum absolute atomic E-state index is 0.0957. The molecular weight excluding hydrogens is 434 g/mol. The Morgan fingerprint density at radius 3 is 2.15 bits per heavy atom. The molecule has 33 heavy (non-hydrogen) atoms. The van der Waals surface area contributed by atoms with Gasteiger partial charge < -0.3 is 14.3 Å². The lowest BCUT2D eigenvalue weighted by Gasteiger charge is -2.36. The number of aliphatic hydroxyl groups is 1. The number of carbonyl (C=O) groups excluding carboxylic acids is 1. The average Bonchev–Trinajstić information content (AvgIpc) is 3.52. The van der Waals surface area contributed by atoms with E-state index in [4.69, 9.17) is 14.0 Å². The van der Waals surface area contributed by atoms with E-state index in [9.17, 15) is 9.90 Å². The normalized spacial score (nSPS) is 22.0. The fourth-order valence-electron chi connectivity index (χ4n) is 4.02. The number of methoxy groups -OCH3 is 1. The Labute approximate surface area is 196 Å². The zero-order chi connectivity index (χ0) is 24.1. The molecule has 176 valence electrons. The lowest BCUT2D eigenvalue weighted by molar-refractivity contribution is -0.223. The van der Waals surface area contributed by atoms with Crippen LogP contribution in [0.3, 0.4) is 0 Å². The Morgan fingerprint density at radius 1 is 1.03 bits per heavy atom. The molecule has 0 amide bonds. The largest absolute Gasteiger partial charge is 0.544 e. The number of hydrogen-bond acceptors (Lipinski definition) is 6. The van der Waals surface area contributed by atoms with E-state index in [1.54, 1.807) is 0 Å². The second-order valence-electron chi connectivity index (χ2n) is 10.4. The molecule has 7 heteroatoms. The van der Waals surface area contributed by atoms with Gasteiger partial charge in [0, 0.05) is 11.1 Å². The van der Waals surface area contributed by atoms with Crippen molar-refractivity contribution in [2.45, 2.75) is 57.5 Å². The van der Waals surface area contributed by atoms with Gasteiger partial charge in [-0.2, -0.15) is 0 Å². The molecule has 4 rings (SSSR count). The SMILES string of the molecule is COC(=O)C1(C2(O)ONC(c3ccc(O[Si](C)(C)C(C)(C)C)cc3)=C2c2ccccc2)CC1. The van der Waals surface area contributed by atoms with E-state index in [-0.39, 0.29) is 5.04 Å². The highest BCUT2D eigenvalue weighted by atomic mass is 28.4. The smallest absolute Gasteiger partial charge is 0.317 e. The Bertz CT molecular complexity index is 1070. The molecule has 2 aromatic carbocycles. The second kappa shape index (κ2) is 8.01. The molecule has 1 atom stereocenters. The van der Waals surface area contributed by atoms with Crippen LogP contribution in [0.2, 0.25) is 18.1 Å². The van der Waals surface area contributed by atoms with Crippen LogP contribution in [0, 0.1) is 5.41 Å². The van der Waals surface area contributed by atoms with Gasteiger partial charge in [0.25, 0.3) is 0 Å². The van der Waals surface area contributed by atoms with Crippen molar-refractivity contribution in [2.24, 2.45) is 5.41 Å². The second-order valence-corrected chi connectivity index (χ2v) is 15.1. The maximum Gasteiger partial charge on any atom is 0.317 e. The summed E-state index contributed by atoms with van der Waals surface area (Å²) in [4.78, 5) is 18.4. The molecule has 1 heterocycles. The van der Waals surface area contributed by atoms with Crippen molar-refractivity contribution in [1.82, 2.24) is 5.48 Å². The van der Waals surface area contributed by atoms with Gasteiger partial charge in [-0.15, -0.1) is 0 Å². The summed E-state index contributed by atoms with van der Waals surface area (Å²) in [6.45, 7) is 11.1. The van der Waals surface area contributed by atoms with Crippen LogP contribution in [0.15, 0.2) is 54.6 Å². The summed E-state index contributed by atoms with van der Waals surface area (Å²) < 4.78 is 11.4. The van der Waals surface area contributed by atoms with Crippen molar-refractivity contribution in [1.29, 1.82) is 0 Å². The lowest BCUT2D eigenvalue weighted by atomic mass is 9.83. The zero-order valence-corrected chi connectivity index (χ0v) is 21.2. The van der Waals surface area contributed by atoms with Gasteiger partial charge in [-0.1, -0.05) is 51.1 Å². The summed E-state index contributed by atoms with van der Waals surface area (Å²) in [6, 6.07) is 17.3. The van der Waals surface area contributed by atoms with E-state index in [0.717, 1.165) is 16.9 Å². The highest BCUT2D eigenvalue weighted by Gasteiger charge is 2.70. The minimum atomic E-state index is -1.96. The van der Waals surface area contributed by atoms with Crippen LogP contribution in [-0.4, -0.2) is 32.3 Å². The Kier molecular flexibility index (Phi) is 5.71. The molecule has 1 aliphatic carbocycles. The maximum absolute atomic E-state index is 12.6. The fraction of sp³-hybridized carbons (Fsp3) is 0.423. The predicted octanol–water partition coefficient (Wildman–Crippen LogP) is 5.12. The third kappa shape index (κ3) is 3.88. The van der Waals surface area contributed by atoms with E-state index in [1.165, 1.54) is 7.11 Å². The van der Waals surface area contributed by atoms with Gasteiger partial charge in [0.05, 0.1) is 12.8 Å². The summed E-state index contributed by atoms with van der Waals surface area (Å²) in [5, 5.41) is 11.9. The van der Waals surface area contributed by atoms with Gasteiger partial charge in [0.2, 0.25) is 14.1 Å². The zero-order valence-electron chi connectivity index (χ0n) is 20.2. The first-order valence-electron chi connectivity index (χ1n) is 11.3. The van der Waals surface area contributed by atoms with E-state index in [0.29, 0.717) is 24.1 Å². The molecule has 0 saturated heterocycles. The molecule has 0 bridgehead atoms. The van der Waals surface area contributed by atoms with Crippen molar-refractivity contribution in [3.05, 3.63) is 65.7 Å². The van der Waals surface area contributed by atoms with Crippen molar-refractivity contribution >= 4 is 25.6 Å². The Hall–Kier alpha value is -2.61. The van der Waals surface area contributed by atoms with Gasteiger partial charge in [0.15, 0.2) is 0 Å². The van der Waals surface area contributed by atoms with Crippen LogP contribution >= 0.6 is 0 Å². The molecule has 2 aliphatic rings. The topological polar surface area (TPSA) is 77.0 Å². The first-order chi connectivity index (χ1) is 15.5. The van der Waals surface area contributed by atoms with Crippen LogP contribution in [0.25, 0.3) is 11.3 Å². The number of ether oxygens (including phenoxy) is 1. The van der Waals surface area contributed by atoms with E-state index >= 15 is 0 Å². The average molecular weight is 468 g/mol. The Morgan fingerprint density at radius 2 is 1.64 bits per heavy atom. The predicted molar refractivity (Wildman–Crippen MR) is 130 cm³/mol. The van der Waals surface area contributed by atoms with Crippen LogP contribution in [-0.2, 0) is 14.4 Å². The monoisotopic (exact) mass is 467 g/mol. The first-order valence-corrected chi connectivity index (χ1v) is 14.2. The highest BCUT2D eigenvalue weighted by Crippen LogP contribution is 2.62. The van der Waals surface area contributed by atoms with Gasteiger partial charge in [-0.3, -0.25) is 10.3 Å². The summed E-state index contributed by atoms with van der Waals surface area (Å²) in [6.07, 6.45) is 0.974. The number of hydroxylamine groups is 1. The fourth-order valence-corrected chi connectivity index (χ4v) is 5.05. The first kappa shape index (κ1) is 23.5. The van der Waals surface area contributed by atoms with Crippen molar-refractivity contribution < 1.29 is 23.9 Å². The summed E-state index contributed by atoms with van der Waals surface area (Å²) in [7, 11) is -0.626. The van der Waals surface area contributed by atoms with Crippen LogP contribution < -0.4 is 9.91 Å².